The molecule has 2 N–H and O–H groups in total. The maximum atomic E-state index is 12.7. The van der Waals surface area contributed by atoms with Crippen molar-refractivity contribution in [3.8, 4) is 0 Å². The summed E-state index contributed by atoms with van der Waals surface area (Å²) < 4.78 is 0. The van der Waals surface area contributed by atoms with Crippen LogP contribution in [0.25, 0.3) is 0 Å². The molecule has 10 radical (unpaired) electrons. The van der Waals surface area contributed by atoms with Gasteiger partial charge in [0.2, 0.25) is 0 Å². The average molecular weight is 281 g/mol. The van der Waals surface area contributed by atoms with E-state index < -0.39 is 27.9 Å². The second kappa shape index (κ2) is 4.17. The first-order valence-corrected chi connectivity index (χ1v) is 6.75. The molecule has 0 aromatic heterocycles. The van der Waals surface area contributed by atoms with E-state index in [0.29, 0.717) is 11.0 Å². The summed E-state index contributed by atoms with van der Waals surface area (Å²) in [5.41, 5.74) is 5.24. The second-order valence-corrected chi connectivity index (χ2v) is 6.09. The first-order chi connectivity index (χ1) is 9.61. The van der Waals surface area contributed by atoms with Gasteiger partial charge >= 0.3 is 0 Å². The van der Waals surface area contributed by atoms with Gasteiger partial charge in [0.1, 0.15) is 15.7 Å². The van der Waals surface area contributed by atoms with Crippen LogP contribution in [-0.4, -0.2) is 51.1 Å². The van der Waals surface area contributed by atoms with Crippen LogP contribution in [0.5, 0.6) is 0 Å². The molecule has 3 rings (SSSR count). The SMILES string of the molecule is [B]C1=C([B])C([B])([B])C2([B])B(Cl)c3ccccc3C2(N)C1=O. The van der Waals surface area contributed by atoms with Crippen LogP contribution in [0.4, 0.5) is 0 Å². The normalized spacial score (nSPS) is 33.8. The Balaban J connectivity index is 2.45. The Labute approximate surface area is 135 Å². The van der Waals surface area contributed by atoms with E-state index in [-0.39, 0.29) is 10.9 Å². The average Bonchev–Trinajstić information content (AvgIpc) is 2.65. The number of ketones is 1. The number of benzene rings is 1. The Morgan fingerprint density at radius 1 is 1.14 bits per heavy atom. The molecule has 0 spiro atoms. The number of carbonyl (C=O) groups excluding carboxylic acids is 1. The molecular weight excluding hydrogens is 274 g/mol. The number of rotatable bonds is 0. The van der Waals surface area contributed by atoms with Crippen LogP contribution in [0.3, 0.4) is 0 Å². The Morgan fingerprint density at radius 2 is 1.71 bits per heavy atom. The highest BCUT2D eigenvalue weighted by Gasteiger charge is 2.69. The van der Waals surface area contributed by atoms with Crippen molar-refractivity contribution >= 4 is 68.1 Å². The standard InChI is InChI=1S/C12H6B6ClNO/c13-7-8(14)11(15,16)12(17)10(20,9(7)21)5-3-1-2-4-6(5)18(12)19/h1-4H,20H2. The molecule has 21 heavy (non-hydrogen) atoms. The molecule has 90 valence electrons. The van der Waals surface area contributed by atoms with Crippen molar-refractivity contribution in [1.29, 1.82) is 0 Å². The van der Waals surface area contributed by atoms with Gasteiger partial charge in [0.25, 0.3) is 6.13 Å². The topological polar surface area (TPSA) is 43.1 Å². The highest BCUT2D eigenvalue weighted by atomic mass is 35.5. The molecule has 0 bridgehead atoms. The largest absolute Gasteiger partial charge is 0.316 e. The highest BCUT2D eigenvalue weighted by Crippen LogP contribution is 2.66. The molecule has 0 saturated carbocycles. The Bertz CT molecular complexity index is 707. The molecular formula is C12H6B6ClNO. The van der Waals surface area contributed by atoms with E-state index >= 15 is 0 Å². The van der Waals surface area contributed by atoms with Gasteiger partial charge in [-0.2, -0.15) is 11.5 Å². The lowest BCUT2D eigenvalue weighted by molar-refractivity contribution is -0.121. The Morgan fingerprint density at radius 3 is 2.33 bits per heavy atom. The van der Waals surface area contributed by atoms with Crippen molar-refractivity contribution in [3.63, 3.8) is 0 Å². The van der Waals surface area contributed by atoms with Gasteiger partial charge in [0.05, 0.1) is 29.1 Å². The van der Waals surface area contributed by atoms with Gasteiger partial charge in [-0.25, -0.2) is 0 Å². The van der Waals surface area contributed by atoms with Gasteiger partial charge in [-0.15, -0.1) is 5.47 Å². The molecule has 2 nitrogen and oxygen atoms in total. The lowest BCUT2D eigenvalue weighted by Gasteiger charge is -2.58. The molecule has 0 fully saturated rings. The predicted octanol–water partition coefficient (Wildman–Crippen LogP) is -1.26. The molecule has 1 aliphatic carbocycles. The van der Waals surface area contributed by atoms with E-state index in [1.165, 1.54) is 0 Å². The number of hydrogen-bond donors (Lipinski definition) is 1. The number of fused-ring (bicyclic) bond motifs is 3. The highest BCUT2D eigenvalue weighted by molar-refractivity contribution is 7.20. The van der Waals surface area contributed by atoms with Crippen LogP contribution >= 0.6 is 11.5 Å². The number of nitrogens with two attached hydrogens (primary N) is 1. The zero-order valence-corrected chi connectivity index (χ0v) is 11.9. The first-order valence-electron chi connectivity index (χ1n) is 6.31. The molecule has 1 aliphatic heterocycles. The van der Waals surface area contributed by atoms with Gasteiger partial charge in [-0.1, -0.05) is 40.4 Å². The number of hydrogen-bond acceptors (Lipinski definition) is 2. The lowest BCUT2D eigenvalue weighted by atomic mass is 9.16. The monoisotopic (exact) mass is 281 g/mol. The molecule has 9 heteroatoms. The van der Waals surface area contributed by atoms with Crippen LogP contribution in [0, 0.1) is 0 Å². The number of allylic oxidation sites excluding steroid dienone is 1. The fraction of sp³-hybridized carbons (Fsp3) is 0.250. The van der Waals surface area contributed by atoms with E-state index in [2.05, 4.69) is 0 Å². The molecule has 2 atom stereocenters. The van der Waals surface area contributed by atoms with Gasteiger partial charge in [-0.3, -0.25) is 4.79 Å². The first kappa shape index (κ1) is 15.2. The van der Waals surface area contributed by atoms with E-state index in [0.717, 1.165) is 0 Å². The summed E-state index contributed by atoms with van der Waals surface area (Å²) in [6.07, 6.45) is -0.885. The molecule has 1 aromatic carbocycles. The second-order valence-electron chi connectivity index (χ2n) is 5.65. The van der Waals surface area contributed by atoms with Crippen LogP contribution in [0.15, 0.2) is 35.2 Å². The van der Waals surface area contributed by atoms with Crippen LogP contribution < -0.4 is 11.2 Å². The third-order valence-corrected chi connectivity index (χ3v) is 5.31. The van der Waals surface area contributed by atoms with Crippen LogP contribution in [0.2, 0.25) is 10.4 Å². The smallest absolute Gasteiger partial charge is 0.283 e. The van der Waals surface area contributed by atoms with Gasteiger partial charge in [0.15, 0.2) is 5.78 Å². The molecule has 2 unspecified atom stereocenters. The number of carbonyl (C=O) groups is 1. The van der Waals surface area contributed by atoms with Gasteiger partial charge in [-0.05, 0) is 10.8 Å². The zero-order chi connectivity index (χ0) is 15.8. The minimum Gasteiger partial charge on any atom is -0.316 e. The van der Waals surface area contributed by atoms with Crippen molar-refractivity contribution in [2.24, 2.45) is 5.73 Å². The maximum Gasteiger partial charge on any atom is 0.283 e. The van der Waals surface area contributed by atoms with Gasteiger partial charge in [0, 0.05) is 0 Å². The quantitative estimate of drug-likeness (QED) is 0.603. The third-order valence-electron chi connectivity index (χ3n) is 4.73. The molecule has 1 heterocycles. The zero-order valence-electron chi connectivity index (χ0n) is 11.1. The minimum absolute atomic E-state index is 0.200. The van der Waals surface area contributed by atoms with E-state index in [1.807, 2.05) is 0 Å². The summed E-state index contributed by atoms with van der Waals surface area (Å²) in [6.45, 7) is 0. The van der Waals surface area contributed by atoms with Crippen molar-refractivity contribution in [1.82, 2.24) is 0 Å². The lowest BCUT2D eigenvalue weighted by Crippen LogP contribution is -2.64. The maximum absolute atomic E-state index is 12.7. The minimum atomic E-state index is -1.83. The van der Waals surface area contributed by atoms with Crippen molar-refractivity contribution in [2.75, 3.05) is 0 Å². The van der Waals surface area contributed by atoms with Crippen LogP contribution in [0.1, 0.15) is 5.56 Å². The Kier molecular flexibility index (Phi) is 3.01. The Hall–Kier alpha value is -0.730. The summed E-state index contributed by atoms with van der Waals surface area (Å²) in [4.78, 5) is 12.7. The fourth-order valence-corrected chi connectivity index (χ4v) is 3.91. The third kappa shape index (κ3) is 1.39. The van der Waals surface area contributed by atoms with Crippen LogP contribution in [-0.2, 0) is 10.3 Å². The van der Waals surface area contributed by atoms with Crippen molar-refractivity contribution < 1.29 is 4.79 Å². The summed E-state index contributed by atoms with van der Waals surface area (Å²) in [5.74, 6) is -0.621. The summed E-state index contributed by atoms with van der Waals surface area (Å²) in [5, 5.41) is -3.53. The summed E-state index contributed by atoms with van der Waals surface area (Å²) in [6, 6.07) is 6.88. The summed E-state index contributed by atoms with van der Waals surface area (Å²) >= 11 is 6.47. The number of halogens is 1. The fourth-order valence-electron chi connectivity index (χ4n) is 3.37. The van der Waals surface area contributed by atoms with E-state index in [9.17, 15) is 4.79 Å². The van der Waals surface area contributed by atoms with Crippen molar-refractivity contribution in [3.05, 3.63) is 40.8 Å². The molecule has 1 aromatic rings. The summed E-state index contributed by atoms with van der Waals surface area (Å²) in [7, 11) is 30.3. The molecule has 0 amide bonds. The predicted molar refractivity (Wildman–Crippen MR) is 89.7 cm³/mol. The molecule has 0 saturated heterocycles. The van der Waals surface area contributed by atoms with Crippen molar-refractivity contribution in [2.45, 2.75) is 16.0 Å². The van der Waals surface area contributed by atoms with Gasteiger partial charge < -0.3 is 5.73 Å². The number of Topliss-reactive ketones (excluding diaryl/α,β-unsaturated/α-hetero) is 1. The van der Waals surface area contributed by atoms with E-state index in [4.69, 9.17) is 56.4 Å². The van der Waals surface area contributed by atoms with E-state index in [1.54, 1.807) is 24.3 Å². The molecule has 2 aliphatic rings.